The van der Waals surface area contributed by atoms with Crippen LogP contribution < -0.4 is 0 Å². The fourth-order valence-corrected chi connectivity index (χ4v) is 0.550. The van der Waals surface area contributed by atoms with Crippen LogP contribution in [0, 0.1) is 6.92 Å². The molecule has 0 spiro atoms. The Kier molecular flexibility index (Phi) is 1.80. The van der Waals surface area contributed by atoms with Gasteiger partial charge in [-0.25, -0.2) is 0 Å². The summed E-state index contributed by atoms with van der Waals surface area (Å²) in [7, 11) is 0. The Morgan fingerprint density at radius 2 is 1.82 bits per heavy atom. The molecule has 0 aromatic carbocycles. The van der Waals surface area contributed by atoms with Crippen LogP contribution in [0.5, 0.6) is 0 Å². The maximum absolute atomic E-state index is 11.8. The van der Waals surface area contributed by atoms with Crippen LogP contribution in [-0.4, -0.2) is 10.2 Å². The van der Waals surface area contributed by atoms with E-state index >= 15 is 0 Å². The maximum Gasteiger partial charge on any atom is 0.435 e. The second-order valence-electron chi connectivity index (χ2n) is 2.06. The summed E-state index contributed by atoms with van der Waals surface area (Å²) in [5.74, 6) is 0. The molecule has 0 N–H and O–H groups in total. The standard InChI is InChI=1S/C6H5F3N2/c1-4-2-3-5(11-10-4)6(7,8)9/h2-3H,1H3. The topological polar surface area (TPSA) is 25.8 Å². The van der Waals surface area contributed by atoms with E-state index in [9.17, 15) is 13.2 Å². The summed E-state index contributed by atoms with van der Waals surface area (Å²) in [6, 6.07) is 2.18. The lowest BCUT2D eigenvalue weighted by atomic mass is 10.3. The summed E-state index contributed by atoms with van der Waals surface area (Å²) in [5, 5.41) is 6.25. The summed E-state index contributed by atoms with van der Waals surface area (Å²) in [6.45, 7) is 1.58. The zero-order valence-electron chi connectivity index (χ0n) is 5.68. The molecule has 0 fully saturated rings. The molecule has 1 aromatic rings. The molecule has 0 aliphatic carbocycles. The van der Waals surface area contributed by atoms with Crippen LogP contribution >= 0.6 is 0 Å². The second kappa shape index (κ2) is 2.48. The molecule has 1 heterocycles. The Morgan fingerprint density at radius 3 is 2.18 bits per heavy atom. The fraction of sp³-hybridized carbons (Fsp3) is 0.333. The van der Waals surface area contributed by atoms with Gasteiger partial charge in [-0.1, -0.05) is 0 Å². The van der Waals surface area contributed by atoms with Gasteiger partial charge in [-0.05, 0) is 19.1 Å². The average molecular weight is 162 g/mol. The zero-order chi connectivity index (χ0) is 8.48. The van der Waals surface area contributed by atoms with Gasteiger partial charge in [-0.3, -0.25) is 0 Å². The van der Waals surface area contributed by atoms with E-state index in [1.807, 2.05) is 0 Å². The molecular formula is C6H5F3N2. The number of hydrogen-bond acceptors (Lipinski definition) is 2. The third kappa shape index (κ3) is 1.89. The number of aryl methyl sites for hydroxylation is 1. The summed E-state index contributed by atoms with van der Waals surface area (Å²) in [4.78, 5) is 0. The van der Waals surface area contributed by atoms with Crippen molar-refractivity contribution in [3.63, 3.8) is 0 Å². The molecular weight excluding hydrogens is 157 g/mol. The van der Waals surface area contributed by atoms with E-state index in [1.165, 1.54) is 6.07 Å². The molecule has 0 radical (unpaired) electrons. The van der Waals surface area contributed by atoms with Crippen molar-refractivity contribution in [2.24, 2.45) is 0 Å². The lowest BCUT2D eigenvalue weighted by molar-refractivity contribution is -0.141. The molecule has 0 aliphatic rings. The van der Waals surface area contributed by atoms with E-state index in [0.29, 0.717) is 5.69 Å². The zero-order valence-corrected chi connectivity index (χ0v) is 5.68. The van der Waals surface area contributed by atoms with Crippen LogP contribution in [0.4, 0.5) is 13.2 Å². The van der Waals surface area contributed by atoms with Gasteiger partial charge in [0.05, 0.1) is 5.69 Å². The Balaban J connectivity index is 2.99. The lowest BCUT2D eigenvalue weighted by Crippen LogP contribution is -2.08. The monoisotopic (exact) mass is 162 g/mol. The first-order valence-corrected chi connectivity index (χ1v) is 2.87. The highest BCUT2D eigenvalue weighted by atomic mass is 19.4. The van der Waals surface area contributed by atoms with Crippen molar-refractivity contribution < 1.29 is 13.2 Å². The average Bonchev–Trinajstić information content (AvgIpc) is 1.86. The summed E-state index contributed by atoms with van der Waals surface area (Å²) >= 11 is 0. The van der Waals surface area contributed by atoms with Crippen molar-refractivity contribution in [1.29, 1.82) is 0 Å². The first-order chi connectivity index (χ1) is 5.00. The van der Waals surface area contributed by atoms with Crippen molar-refractivity contribution in [3.05, 3.63) is 23.5 Å². The van der Waals surface area contributed by atoms with Gasteiger partial charge >= 0.3 is 6.18 Å². The number of alkyl halides is 3. The first-order valence-electron chi connectivity index (χ1n) is 2.87. The molecule has 0 atom stereocenters. The van der Waals surface area contributed by atoms with Crippen LogP contribution in [0.15, 0.2) is 12.1 Å². The van der Waals surface area contributed by atoms with Gasteiger partial charge in [0.1, 0.15) is 0 Å². The normalized spacial score (nSPS) is 11.6. The SMILES string of the molecule is Cc1ccc(C(F)(F)F)nn1. The maximum atomic E-state index is 11.8. The first kappa shape index (κ1) is 7.97. The van der Waals surface area contributed by atoms with Gasteiger partial charge in [-0.2, -0.15) is 18.3 Å². The predicted molar refractivity (Wildman–Crippen MR) is 31.8 cm³/mol. The molecule has 11 heavy (non-hydrogen) atoms. The van der Waals surface area contributed by atoms with E-state index in [1.54, 1.807) is 6.92 Å². The van der Waals surface area contributed by atoms with Crippen molar-refractivity contribution in [3.8, 4) is 0 Å². The number of hydrogen-bond donors (Lipinski definition) is 0. The number of nitrogens with zero attached hydrogens (tertiary/aromatic N) is 2. The number of halogens is 3. The quantitative estimate of drug-likeness (QED) is 0.581. The molecule has 2 nitrogen and oxygen atoms in total. The minimum atomic E-state index is -4.39. The molecule has 1 aromatic heterocycles. The van der Waals surface area contributed by atoms with E-state index in [-0.39, 0.29) is 0 Å². The molecule has 0 saturated carbocycles. The molecule has 60 valence electrons. The van der Waals surface area contributed by atoms with E-state index in [4.69, 9.17) is 0 Å². The molecule has 5 heteroatoms. The van der Waals surface area contributed by atoms with Crippen molar-refractivity contribution in [2.45, 2.75) is 13.1 Å². The molecule has 0 unspecified atom stereocenters. The largest absolute Gasteiger partial charge is 0.435 e. The van der Waals surface area contributed by atoms with Crippen molar-refractivity contribution in [2.75, 3.05) is 0 Å². The Hall–Kier alpha value is -1.13. The third-order valence-corrected chi connectivity index (χ3v) is 1.09. The Bertz CT molecular complexity index is 239. The summed E-state index contributed by atoms with van der Waals surface area (Å²) < 4.78 is 35.5. The van der Waals surface area contributed by atoms with Gasteiger partial charge in [0, 0.05) is 0 Å². The summed E-state index contributed by atoms with van der Waals surface area (Å²) in [5.41, 5.74) is -0.485. The van der Waals surface area contributed by atoms with Crippen molar-refractivity contribution in [1.82, 2.24) is 10.2 Å². The molecule has 1 rings (SSSR count). The van der Waals surface area contributed by atoms with Gasteiger partial charge in [-0.15, -0.1) is 5.10 Å². The third-order valence-electron chi connectivity index (χ3n) is 1.09. The minimum absolute atomic E-state index is 0.470. The van der Waals surface area contributed by atoms with Crippen LogP contribution in [0.1, 0.15) is 11.4 Å². The Labute approximate surface area is 61.1 Å². The van der Waals surface area contributed by atoms with Crippen molar-refractivity contribution >= 4 is 0 Å². The second-order valence-corrected chi connectivity index (χ2v) is 2.06. The van der Waals surface area contributed by atoms with E-state index < -0.39 is 11.9 Å². The van der Waals surface area contributed by atoms with Crippen LogP contribution in [0.25, 0.3) is 0 Å². The highest BCUT2D eigenvalue weighted by Gasteiger charge is 2.32. The number of aromatic nitrogens is 2. The minimum Gasteiger partial charge on any atom is -0.164 e. The van der Waals surface area contributed by atoms with Gasteiger partial charge in [0.15, 0.2) is 5.69 Å². The van der Waals surface area contributed by atoms with Crippen LogP contribution in [0.3, 0.4) is 0 Å². The smallest absolute Gasteiger partial charge is 0.164 e. The Morgan fingerprint density at radius 1 is 1.18 bits per heavy atom. The van der Waals surface area contributed by atoms with Crippen LogP contribution in [0.2, 0.25) is 0 Å². The van der Waals surface area contributed by atoms with E-state index in [2.05, 4.69) is 10.2 Å². The fourth-order valence-electron chi connectivity index (χ4n) is 0.550. The van der Waals surface area contributed by atoms with Gasteiger partial charge in [0.2, 0.25) is 0 Å². The highest BCUT2D eigenvalue weighted by Crippen LogP contribution is 2.26. The summed E-state index contributed by atoms with van der Waals surface area (Å²) in [6.07, 6.45) is -4.39. The van der Waals surface area contributed by atoms with Crippen LogP contribution in [-0.2, 0) is 6.18 Å². The number of rotatable bonds is 0. The predicted octanol–water partition coefficient (Wildman–Crippen LogP) is 1.80. The molecule has 0 saturated heterocycles. The van der Waals surface area contributed by atoms with Gasteiger partial charge in [0.25, 0.3) is 0 Å². The molecule has 0 aliphatic heterocycles. The highest BCUT2D eigenvalue weighted by molar-refractivity contribution is 5.07. The molecule has 0 bridgehead atoms. The van der Waals surface area contributed by atoms with E-state index in [0.717, 1.165) is 6.07 Å². The van der Waals surface area contributed by atoms with Gasteiger partial charge < -0.3 is 0 Å². The molecule has 0 amide bonds. The lowest BCUT2D eigenvalue weighted by Gasteiger charge is -2.02.